The van der Waals surface area contributed by atoms with Crippen LogP contribution in [0.2, 0.25) is 0 Å². The Hall–Kier alpha value is -0.610. The Bertz CT molecular complexity index is 401. The highest BCUT2D eigenvalue weighted by Crippen LogP contribution is 2.32. The first-order chi connectivity index (χ1) is 10.0. The Morgan fingerprint density at radius 3 is 2.43 bits per heavy atom. The molecule has 4 heteroatoms. The van der Waals surface area contributed by atoms with Crippen molar-refractivity contribution in [1.82, 2.24) is 10.3 Å². The smallest absolute Gasteiger partial charge is 0.185 e. The number of nitrogens with one attached hydrogen (secondary N) is 1. The molecule has 0 spiro atoms. The fraction of sp³-hybridized carbons (Fsp3) is 0.824. The van der Waals surface area contributed by atoms with Gasteiger partial charge in [-0.1, -0.05) is 34.6 Å². The Morgan fingerprint density at radius 1 is 1.19 bits per heavy atom. The molecule has 0 bridgehead atoms. The molecule has 0 amide bonds. The lowest BCUT2D eigenvalue weighted by molar-refractivity contribution is 0.551. The highest BCUT2D eigenvalue weighted by atomic mass is 32.1. The lowest BCUT2D eigenvalue weighted by Gasteiger charge is -2.18. The molecule has 1 atom stereocenters. The predicted molar refractivity (Wildman–Crippen MR) is 95.5 cm³/mol. The molecular weight excluding hydrogens is 278 g/mol. The number of anilines is 1. The third-order valence-corrected chi connectivity index (χ3v) is 4.91. The van der Waals surface area contributed by atoms with E-state index in [1.165, 1.54) is 22.1 Å². The van der Waals surface area contributed by atoms with Gasteiger partial charge in [-0.25, -0.2) is 4.98 Å². The summed E-state index contributed by atoms with van der Waals surface area (Å²) in [6.07, 6.45) is 2.33. The Balaban J connectivity index is 2.89. The molecule has 1 aromatic heterocycles. The molecule has 0 aliphatic heterocycles. The van der Waals surface area contributed by atoms with Gasteiger partial charge in [0.2, 0.25) is 0 Å². The molecule has 122 valence electrons. The molecule has 1 aromatic rings. The van der Waals surface area contributed by atoms with Crippen LogP contribution >= 0.6 is 11.3 Å². The van der Waals surface area contributed by atoms with Crippen LogP contribution in [0.1, 0.15) is 70.9 Å². The van der Waals surface area contributed by atoms with Crippen molar-refractivity contribution in [3.63, 3.8) is 0 Å². The van der Waals surface area contributed by atoms with Crippen LogP contribution in [-0.4, -0.2) is 24.6 Å². The molecule has 3 nitrogen and oxygen atoms in total. The summed E-state index contributed by atoms with van der Waals surface area (Å²) in [5, 5.41) is 4.78. The molecule has 1 heterocycles. The molecule has 21 heavy (non-hydrogen) atoms. The van der Waals surface area contributed by atoms with Crippen molar-refractivity contribution >= 4 is 16.5 Å². The van der Waals surface area contributed by atoms with E-state index in [1.807, 2.05) is 11.3 Å². The van der Waals surface area contributed by atoms with Crippen LogP contribution in [0.5, 0.6) is 0 Å². The summed E-state index contributed by atoms with van der Waals surface area (Å²) in [6.45, 7) is 17.7. The lowest BCUT2D eigenvalue weighted by Crippen LogP contribution is -2.23. The van der Waals surface area contributed by atoms with E-state index in [1.54, 1.807) is 0 Å². The van der Waals surface area contributed by atoms with E-state index in [-0.39, 0.29) is 0 Å². The van der Waals surface area contributed by atoms with E-state index in [9.17, 15) is 0 Å². The van der Waals surface area contributed by atoms with Gasteiger partial charge < -0.3 is 10.2 Å². The van der Waals surface area contributed by atoms with Crippen LogP contribution in [0.3, 0.4) is 0 Å². The van der Waals surface area contributed by atoms with Crippen molar-refractivity contribution in [3.05, 3.63) is 10.6 Å². The number of rotatable bonds is 10. The topological polar surface area (TPSA) is 28.2 Å². The van der Waals surface area contributed by atoms with E-state index in [0.717, 1.165) is 32.6 Å². The van der Waals surface area contributed by atoms with Crippen LogP contribution in [0.15, 0.2) is 0 Å². The van der Waals surface area contributed by atoms with Crippen molar-refractivity contribution in [3.8, 4) is 0 Å². The monoisotopic (exact) mass is 311 g/mol. The van der Waals surface area contributed by atoms with Crippen molar-refractivity contribution in [1.29, 1.82) is 0 Å². The molecule has 0 aliphatic rings. The Labute approximate surface area is 135 Å². The van der Waals surface area contributed by atoms with E-state index in [2.05, 4.69) is 51.8 Å². The van der Waals surface area contributed by atoms with Crippen LogP contribution in [0, 0.1) is 5.92 Å². The van der Waals surface area contributed by atoms with Crippen molar-refractivity contribution < 1.29 is 0 Å². The minimum atomic E-state index is 0.547. The summed E-state index contributed by atoms with van der Waals surface area (Å²) in [4.78, 5) is 8.80. The third kappa shape index (κ3) is 5.59. The van der Waals surface area contributed by atoms with Gasteiger partial charge in [0.25, 0.3) is 0 Å². The summed E-state index contributed by atoms with van der Waals surface area (Å²) >= 11 is 1.88. The summed E-state index contributed by atoms with van der Waals surface area (Å²) in [6, 6.07) is 0. The molecule has 0 saturated carbocycles. The SMILES string of the molecule is CCCN(CC)c1nc(C(C)CC)c(CNCC(C)C)s1. The van der Waals surface area contributed by atoms with Crippen LogP contribution in [0.25, 0.3) is 0 Å². The number of thiazole rings is 1. The fourth-order valence-corrected chi connectivity index (χ4v) is 3.56. The average molecular weight is 312 g/mol. The third-order valence-electron chi connectivity index (χ3n) is 3.78. The van der Waals surface area contributed by atoms with Gasteiger partial charge in [0, 0.05) is 24.5 Å². The van der Waals surface area contributed by atoms with Gasteiger partial charge in [0.1, 0.15) is 0 Å². The summed E-state index contributed by atoms with van der Waals surface area (Å²) in [5.41, 5.74) is 1.31. The molecule has 0 saturated heterocycles. The molecule has 0 aromatic carbocycles. The number of hydrogen-bond donors (Lipinski definition) is 1. The molecule has 1 rings (SSSR count). The van der Waals surface area contributed by atoms with Crippen LogP contribution in [0.4, 0.5) is 5.13 Å². The van der Waals surface area contributed by atoms with Gasteiger partial charge >= 0.3 is 0 Å². The molecule has 0 fully saturated rings. The number of hydrogen-bond acceptors (Lipinski definition) is 4. The van der Waals surface area contributed by atoms with Crippen molar-refractivity contribution in [2.45, 2.75) is 66.8 Å². The van der Waals surface area contributed by atoms with Crippen molar-refractivity contribution in [2.75, 3.05) is 24.5 Å². The number of aromatic nitrogens is 1. The Morgan fingerprint density at radius 2 is 1.90 bits per heavy atom. The Kier molecular flexibility index (Phi) is 8.27. The normalized spacial score (nSPS) is 12.9. The quantitative estimate of drug-likeness (QED) is 0.682. The molecule has 0 aliphatic carbocycles. The van der Waals surface area contributed by atoms with Crippen molar-refractivity contribution in [2.24, 2.45) is 5.92 Å². The average Bonchev–Trinajstić information content (AvgIpc) is 2.87. The standard InChI is InChI=1S/C17H33N3S/c1-7-10-20(9-3)17-19-16(14(6)8-2)15(21-17)12-18-11-13(4)5/h13-14,18H,7-12H2,1-6H3. The first kappa shape index (κ1) is 18.4. The highest BCUT2D eigenvalue weighted by molar-refractivity contribution is 7.15. The highest BCUT2D eigenvalue weighted by Gasteiger charge is 2.18. The van der Waals surface area contributed by atoms with E-state index in [0.29, 0.717) is 11.8 Å². The maximum atomic E-state index is 4.97. The molecular formula is C17H33N3S. The van der Waals surface area contributed by atoms with Gasteiger partial charge in [-0.2, -0.15) is 0 Å². The van der Waals surface area contributed by atoms with Crippen LogP contribution < -0.4 is 10.2 Å². The van der Waals surface area contributed by atoms with E-state index >= 15 is 0 Å². The predicted octanol–water partition coefficient (Wildman–Crippen LogP) is 4.64. The second kappa shape index (κ2) is 9.42. The van der Waals surface area contributed by atoms with E-state index < -0.39 is 0 Å². The maximum Gasteiger partial charge on any atom is 0.185 e. The summed E-state index contributed by atoms with van der Waals surface area (Å²) in [7, 11) is 0. The second-order valence-corrected chi connectivity index (χ2v) is 7.28. The largest absolute Gasteiger partial charge is 0.348 e. The van der Waals surface area contributed by atoms with Gasteiger partial charge in [0.15, 0.2) is 5.13 Å². The van der Waals surface area contributed by atoms with Gasteiger partial charge in [0.05, 0.1) is 5.69 Å². The molecule has 0 radical (unpaired) electrons. The molecule has 1 unspecified atom stereocenters. The van der Waals surface area contributed by atoms with Gasteiger partial charge in [-0.3, -0.25) is 0 Å². The van der Waals surface area contributed by atoms with Crippen LogP contribution in [-0.2, 0) is 6.54 Å². The summed E-state index contributed by atoms with van der Waals surface area (Å²) in [5.74, 6) is 1.24. The molecule has 1 N–H and O–H groups in total. The first-order valence-electron chi connectivity index (χ1n) is 8.48. The number of nitrogens with zero attached hydrogens (tertiary/aromatic N) is 2. The van der Waals surface area contributed by atoms with E-state index in [4.69, 9.17) is 4.98 Å². The summed E-state index contributed by atoms with van der Waals surface area (Å²) < 4.78 is 0. The van der Waals surface area contributed by atoms with Gasteiger partial charge in [-0.05, 0) is 38.1 Å². The lowest BCUT2D eigenvalue weighted by atomic mass is 10.0. The zero-order chi connectivity index (χ0) is 15.8. The minimum Gasteiger partial charge on any atom is -0.348 e. The minimum absolute atomic E-state index is 0.547. The fourth-order valence-electron chi connectivity index (χ4n) is 2.32. The maximum absolute atomic E-state index is 4.97. The second-order valence-electron chi connectivity index (χ2n) is 6.22. The zero-order valence-corrected chi connectivity index (χ0v) is 15.5. The van der Waals surface area contributed by atoms with Gasteiger partial charge in [-0.15, -0.1) is 11.3 Å². The first-order valence-corrected chi connectivity index (χ1v) is 9.30. The zero-order valence-electron chi connectivity index (χ0n) is 14.7.